The summed E-state index contributed by atoms with van der Waals surface area (Å²) >= 11 is 0. The maximum atomic E-state index is 4.41. The van der Waals surface area contributed by atoms with E-state index in [1.54, 1.807) is 0 Å². The van der Waals surface area contributed by atoms with E-state index in [2.05, 4.69) is 41.5 Å². The summed E-state index contributed by atoms with van der Waals surface area (Å²) in [5.41, 5.74) is 2.45. The molecule has 2 unspecified atom stereocenters. The van der Waals surface area contributed by atoms with Gasteiger partial charge in [-0.25, -0.2) is 0 Å². The van der Waals surface area contributed by atoms with Gasteiger partial charge >= 0.3 is 0 Å². The van der Waals surface area contributed by atoms with Gasteiger partial charge in [0.15, 0.2) is 0 Å². The molecule has 1 aromatic carbocycles. The maximum Gasteiger partial charge on any atom is 0.0705 e. The van der Waals surface area contributed by atoms with E-state index in [-0.39, 0.29) is 0 Å². The fourth-order valence-corrected chi connectivity index (χ4v) is 3.23. The molecule has 2 nitrogen and oxygen atoms in total. The number of para-hydroxylation sites is 1. The van der Waals surface area contributed by atoms with Crippen LogP contribution in [0.3, 0.4) is 0 Å². The molecule has 1 aromatic heterocycles. The molecule has 2 heteroatoms. The molecule has 2 aromatic rings. The van der Waals surface area contributed by atoms with Crippen LogP contribution in [-0.4, -0.2) is 11.5 Å². The van der Waals surface area contributed by atoms with Crippen LogP contribution in [0.15, 0.2) is 36.5 Å². The quantitative estimate of drug-likeness (QED) is 0.898. The van der Waals surface area contributed by atoms with Crippen molar-refractivity contribution < 1.29 is 0 Å². The Morgan fingerprint density at radius 2 is 2.11 bits per heavy atom. The van der Waals surface area contributed by atoms with Crippen molar-refractivity contribution in [2.24, 2.45) is 11.8 Å². The zero-order valence-electron chi connectivity index (χ0n) is 11.6. The number of fused-ring (bicyclic) bond motifs is 1. The van der Waals surface area contributed by atoms with Gasteiger partial charge < -0.3 is 5.32 Å². The molecule has 1 N–H and O–H groups in total. The van der Waals surface area contributed by atoms with Crippen molar-refractivity contribution in [2.45, 2.75) is 32.7 Å². The van der Waals surface area contributed by atoms with E-state index in [0.717, 1.165) is 30.4 Å². The summed E-state index contributed by atoms with van der Waals surface area (Å²) in [5.74, 6) is 1.76. The first-order chi connectivity index (χ1) is 9.34. The third kappa shape index (κ3) is 2.79. The number of pyridine rings is 1. The molecule has 1 aliphatic carbocycles. The summed E-state index contributed by atoms with van der Waals surface area (Å²) in [6.45, 7) is 4.49. The van der Waals surface area contributed by atoms with Crippen molar-refractivity contribution in [1.29, 1.82) is 0 Å². The van der Waals surface area contributed by atoms with Crippen LogP contribution in [0.25, 0.3) is 10.9 Å². The summed E-state index contributed by atoms with van der Waals surface area (Å²) in [4.78, 5) is 4.41. The molecule has 1 heterocycles. The molecule has 1 saturated carbocycles. The molecule has 1 aliphatic rings. The minimum absolute atomic E-state index is 0.869. The van der Waals surface area contributed by atoms with Gasteiger partial charge in [0.05, 0.1) is 5.52 Å². The Hall–Kier alpha value is -1.41. The molecule has 0 amide bonds. The van der Waals surface area contributed by atoms with E-state index in [4.69, 9.17) is 0 Å². The molecule has 1 fully saturated rings. The number of aromatic nitrogens is 1. The molecular formula is C17H22N2. The zero-order chi connectivity index (χ0) is 13.1. The van der Waals surface area contributed by atoms with E-state index in [1.807, 2.05) is 12.3 Å². The molecule has 100 valence electrons. The number of hydrogen-bond donors (Lipinski definition) is 1. The first kappa shape index (κ1) is 12.6. The molecule has 0 bridgehead atoms. The highest BCUT2D eigenvalue weighted by Gasteiger charge is 2.22. The summed E-state index contributed by atoms with van der Waals surface area (Å²) in [6.07, 6.45) is 6.12. The molecule has 19 heavy (non-hydrogen) atoms. The minimum atomic E-state index is 0.869. The van der Waals surface area contributed by atoms with Gasteiger partial charge in [-0.3, -0.25) is 4.98 Å². The lowest BCUT2D eigenvalue weighted by atomic mass is 9.98. The lowest BCUT2D eigenvalue weighted by Gasteiger charge is -2.16. The second kappa shape index (κ2) is 5.70. The van der Waals surface area contributed by atoms with E-state index in [0.29, 0.717) is 0 Å². The van der Waals surface area contributed by atoms with Gasteiger partial charge in [-0.15, -0.1) is 0 Å². The highest BCUT2D eigenvalue weighted by Crippen LogP contribution is 2.30. The average Bonchev–Trinajstić information content (AvgIpc) is 2.85. The van der Waals surface area contributed by atoms with Crippen LogP contribution in [-0.2, 0) is 6.54 Å². The van der Waals surface area contributed by atoms with Crippen molar-refractivity contribution in [3.8, 4) is 0 Å². The monoisotopic (exact) mass is 254 g/mol. The maximum absolute atomic E-state index is 4.41. The van der Waals surface area contributed by atoms with Crippen molar-refractivity contribution in [3.63, 3.8) is 0 Å². The highest BCUT2D eigenvalue weighted by molar-refractivity contribution is 5.81. The smallest absolute Gasteiger partial charge is 0.0705 e. The van der Waals surface area contributed by atoms with E-state index in [9.17, 15) is 0 Å². The van der Waals surface area contributed by atoms with E-state index >= 15 is 0 Å². The van der Waals surface area contributed by atoms with Crippen LogP contribution in [0.5, 0.6) is 0 Å². The number of hydrogen-bond acceptors (Lipinski definition) is 2. The molecule has 0 radical (unpaired) electrons. The van der Waals surface area contributed by atoms with Crippen LogP contribution < -0.4 is 5.32 Å². The number of nitrogens with one attached hydrogen (secondary N) is 1. The Morgan fingerprint density at radius 1 is 1.21 bits per heavy atom. The second-order valence-electron chi connectivity index (χ2n) is 5.79. The Balaban J connectivity index is 1.65. The fraction of sp³-hybridized carbons (Fsp3) is 0.471. The van der Waals surface area contributed by atoms with Gasteiger partial charge in [0.1, 0.15) is 0 Å². The van der Waals surface area contributed by atoms with Crippen molar-refractivity contribution in [3.05, 3.63) is 42.1 Å². The van der Waals surface area contributed by atoms with Crippen molar-refractivity contribution >= 4 is 10.9 Å². The summed E-state index contributed by atoms with van der Waals surface area (Å²) in [5, 5.41) is 4.91. The average molecular weight is 254 g/mol. The van der Waals surface area contributed by atoms with Crippen LogP contribution in [0.2, 0.25) is 0 Å². The van der Waals surface area contributed by atoms with Crippen molar-refractivity contribution in [1.82, 2.24) is 10.3 Å². The largest absolute Gasteiger partial charge is 0.312 e. The predicted octanol–water partition coefficient (Wildman–Crippen LogP) is 3.76. The summed E-state index contributed by atoms with van der Waals surface area (Å²) in [6, 6.07) is 10.5. The van der Waals surface area contributed by atoms with Gasteiger partial charge in [0.25, 0.3) is 0 Å². The van der Waals surface area contributed by atoms with Gasteiger partial charge in [0, 0.05) is 18.1 Å². The molecular weight excluding hydrogens is 232 g/mol. The summed E-state index contributed by atoms with van der Waals surface area (Å²) < 4.78 is 0. The van der Waals surface area contributed by atoms with Gasteiger partial charge in [-0.2, -0.15) is 0 Å². The van der Waals surface area contributed by atoms with Crippen LogP contribution in [0.4, 0.5) is 0 Å². The first-order valence-corrected chi connectivity index (χ1v) is 7.38. The Bertz CT molecular complexity index is 544. The zero-order valence-corrected chi connectivity index (χ0v) is 11.6. The van der Waals surface area contributed by atoms with E-state index < -0.39 is 0 Å². The predicted molar refractivity (Wildman–Crippen MR) is 80.0 cm³/mol. The van der Waals surface area contributed by atoms with Gasteiger partial charge in [-0.1, -0.05) is 38.0 Å². The van der Waals surface area contributed by atoms with Gasteiger partial charge in [-0.05, 0) is 42.5 Å². The lowest BCUT2D eigenvalue weighted by Crippen LogP contribution is -2.24. The molecule has 3 rings (SSSR count). The minimum Gasteiger partial charge on any atom is -0.312 e. The van der Waals surface area contributed by atoms with Crippen LogP contribution in [0.1, 0.15) is 31.7 Å². The normalized spacial score (nSPS) is 23.0. The Morgan fingerprint density at radius 3 is 2.95 bits per heavy atom. The molecule has 2 atom stereocenters. The number of benzene rings is 1. The third-order valence-corrected chi connectivity index (χ3v) is 4.50. The van der Waals surface area contributed by atoms with Gasteiger partial charge in [0.2, 0.25) is 0 Å². The molecule has 0 spiro atoms. The standard InChI is InChI=1S/C17H22N2/c1-13-5-4-6-14(13)11-18-12-15-9-10-19-17-8-3-2-7-16(15)17/h2-3,7-10,13-14,18H,4-6,11-12H2,1H3. The Labute approximate surface area is 115 Å². The number of rotatable bonds is 4. The highest BCUT2D eigenvalue weighted by atomic mass is 14.9. The fourth-order valence-electron chi connectivity index (χ4n) is 3.23. The summed E-state index contributed by atoms with van der Waals surface area (Å²) in [7, 11) is 0. The SMILES string of the molecule is CC1CCCC1CNCc1ccnc2ccccc12. The third-order valence-electron chi connectivity index (χ3n) is 4.50. The molecule has 0 aliphatic heterocycles. The second-order valence-corrected chi connectivity index (χ2v) is 5.79. The van der Waals surface area contributed by atoms with Crippen LogP contribution in [0, 0.1) is 11.8 Å². The number of nitrogens with zero attached hydrogens (tertiary/aromatic N) is 1. The van der Waals surface area contributed by atoms with Crippen LogP contribution >= 0.6 is 0 Å². The molecule has 0 saturated heterocycles. The van der Waals surface area contributed by atoms with Crippen molar-refractivity contribution in [2.75, 3.05) is 6.54 Å². The van der Waals surface area contributed by atoms with E-state index in [1.165, 1.54) is 30.2 Å². The lowest BCUT2D eigenvalue weighted by molar-refractivity contribution is 0.392. The topological polar surface area (TPSA) is 24.9 Å². The Kier molecular flexibility index (Phi) is 3.79. The first-order valence-electron chi connectivity index (χ1n) is 7.38.